The van der Waals surface area contributed by atoms with Crippen LogP contribution in [0.1, 0.15) is 30.9 Å². The highest BCUT2D eigenvalue weighted by Crippen LogP contribution is 2.32. The number of methoxy groups -OCH3 is 1. The summed E-state index contributed by atoms with van der Waals surface area (Å²) >= 11 is 5.78. The molecule has 0 aliphatic rings. The van der Waals surface area contributed by atoms with E-state index in [4.69, 9.17) is 16.3 Å². The average molecular weight is 283 g/mol. The number of aliphatic hydroxyl groups is 1. The number of aliphatic hydroxyl groups excluding tert-OH is 1. The van der Waals surface area contributed by atoms with Gasteiger partial charge in [0.15, 0.2) is 0 Å². The van der Waals surface area contributed by atoms with Crippen molar-refractivity contribution >= 4 is 11.6 Å². The highest BCUT2D eigenvalue weighted by atomic mass is 35.5. The van der Waals surface area contributed by atoms with E-state index in [0.717, 1.165) is 0 Å². The first-order valence-corrected chi connectivity index (χ1v) is 5.79. The van der Waals surface area contributed by atoms with Crippen molar-refractivity contribution < 1.29 is 23.0 Å². The molecule has 0 fully saturated rings. The summed E-state index contributed by atoms with van der Waals surface area (Å²) in [5.74, 6) is 0.416. The van der Waals surface area contributed by atoms with Crippen LogP contribution in [0.25, 0.3) is 0 Å². The maximum absolute atomic E-state index is 12.0. The molecule has 1 aromatic carbocycles. The van der Waals surface area contributed by atoms with Crippen LogP contribution in [0.3, 0.4) is 0 Å². The van der Waals surface area contributed by atoms with Crippen molar-refractivity contribution in [2.45, 2.75) is 31.5 Å². The van der Waals surface area contributed by atoms with Gasteiger partial charge >= 0.3 is 6.18 Å². The van der Waals surface area contributed by atoms with Gasteiger partial charge in [0.2, 0.25) is 0 Å². The molecule has 18 heavy (non-hydrogen) atoms. The second-order valence-corrected chi connectivity index (χ2v) is 4.35. The number of alkyl halides is 3. The van der Waals surface area contributed by atoms with E-state index in [1.54, 1.807) is 12.1 Å². The number of hydrogen-bond donors (Lipinski definition) is 1. The second kappa shape index (κ2) is 6.29. The molecule has 6 heteroatoms. The monoisotopic (exact) mass is 282 g/mol. The fourth-order valence-electron chi connectivity index (χ4n) is 1.62. The lowest BCUT2D eigenvalue weighted by Gasteiger charge is -2.15. The van der Waals surface area contributed by atoms with Crippen LogP contribution < -0.4 is 4.74 Å². The molecule has 1 aromatic rings. The van der Waals surface area contributed by atoms with E-state index >= 15 is 0 Å². The Kier molecular flexibility index (Phi) is 5.28. The van der Waals surface area contributed by atoms with E-state index in [2.05, 4.69) is 0 Å². The Morgan fingerprint density at radius 2 is 2.06 bits per heavy atom. The average Bonchev–Trinajstić information content (AvgIpc) is 2.27. The predicted molar refractivity (Wildman–Crippen MR) is 62.9 cm³/mol. The molecule has 1 atom stereocenters. The third-order valence-corrected chi connectivity index (χ3v) is 2.72. The number of ether oxygens (including phenoxy) is 1. The zero-order chi connectivity index (χ0) is 13.8. The van der Waals surface area contributed by atoms with E-state index < -0.39 is 18.7 Å². The molecule has 1 rings (SSSR count). The van der Waals surface area contributed by atoms with E-state index in [1.807, 2.05) is 0 Å². The quantitative estimate of drug-likeness (QED) is 0.880. The van der Waals surface area contributed by atoms with Crippen LogP contribution in [0, 0.1) is 0 Å². The van der Waals surface area contributed by atoms with E-state index in [0.29, 0.717) is 16.3 Å². The third-order valence-electron chi connectivity index (χ3n) is 2.49. The lowest BCUT2D eigenvalue weighted by atomic mass is 10.0. The maximum Gasteiger partial charge on any atom is 0.389 e. The molecule has 0 amide bonds. The minimum absolute atomic E-state index is 0.0101. The number of halogens is 4. The van der Waals surface area contributed by atoms with Crippen molar-refractivity contribution in [3.05, 3.63) is 28.8 Å². The summed E-state index contributed by atoms with van der Waals surface area (Å²) in [7, 11) is 1.43. The molecule has 0 aliphatic carbocycles. The molecule has 0 aliphatic heterocycles. The Labute approximate surface area is 108 Å². The molecule has 0 bridgehead atoms. The minimum atomic E-state index is -4.20. The van der Waals surface area contributed by atoms with Crippen molar-refractivity contribution in [1.82, 2.24) is 0 Å². The molecule has 0 saturated carbocycles. The molecular weight excluding hydrogens is 269 g/mol. The fourth-order valence-corrected chi connectivity index (χ4v) is 1.80. The largest absolute Gasteiger partial charge is 0.496 e. The molecule has 0 saturated heterocycles. The van der Waals surface area contributed by atoms with Crippen molar-refractivity contribution in [1.29, 1.82) is 0 Å². The van der Waals surface area contributed by atoms with Crippen molar-refractivity contribution in [3.8, 4) is 5.75 Å². The normalized spacial score (nSPS) is 13.4. The fraction of sp³-hybridized carbons (Fsp3) is 0.500. The third kappa shape index (κ3) is 4.74. The summed E-state index contributed by atoms with van der Waals surface area (Å²) in [5, 5.41) is 10.3. The Bertz CT molecular complexity index is 393. The topological polar surface area (TPSA) is 29.5 Å². The standard InChI is InChI=1S/C12H14ClF3O2/c1-18-11-5-4-8(13)7-9(11)10(17)3-2-6-12(14,15)16/h4-5,7,10,17H,2-3,6H2,1H3. The summed E-state index contributed by atoms with van der Waals surface area (Å²) < 4.78 is 41.0. The Balaban J connectivity index is 2.66. The summed E-state index contributed by atoms with van der Waals surface area (Å²) in [5.41, 5.74) is 0.409. The van der Waals surface area contributed by atoms with Crippen LogP contribution in [0.2, 0.25) is 5.02 Å². The van der Waals surface area contributed by atoms with Crippen molar-refractivity contribution in [3.63, 3.8) is 0 Å². The van der Waals surface area contributed by atoms with Crippen LogP contribution in [0.5, 0.6) is 5.75 Å². The first-order chi connectivity index (χ1) is 8.33. The van der Waals surface area contributed by atoms with Gasteiger partial charge in [-0.25, -0.2) is 0 Å². The molecule has 1 N–H and O–H groups in total. The molecule has 0 radical (unpaired) electrons. The zero-order valence-corrected chi connectivity index (χ0v) is 10.6. The van der Waals surface area contributed by atoms with Gasteiger partial charge in [0.25, 0.3) is 0 Å². The van der Waals surface area contributed by atoms with E-state index in [-0.39, 0.29) is 12.8 Å². The van der Waals surface area contributed by atoms with Gasteiger partial charge in [-0.15, -0.1) is 0 Å². The molecular formula is C12H14ClF3O2. The Morgan fingerprint density at radius 3 is 2.61 bits per heavy atom. The van der Waals surface area contributed by atoms with Gasteiger partial charge in [0, 0.05) is 17.0 Å². The Morgan fingerprint density at radius 1 is 1.39 bits per heavy atom. The van der Waals surface area contributed by atoms with Crippen LogP contribution in [0.4, 0.5) is 13.2 Å². The van der Waals surface area contributed by atoms with Gasteiger partial charge in [-0.05, 0) is 31.0 Å². The van der Waals surface area contributed by atoms with E-state index in [9.17, 15) is 18.3 Å². The van der Waals surface area contributed by atoms with Gasteiger partial charge in [-0.3, -0.25) is 0 Å². The molecule has 102 valence electrons. The van der Waals surface area contributed by atoms with Gasteiger partial charge in [-0.1, -0.05) is 11.6 Å². The summed E-state index contributed by atoms with van der Waals surface area (Å²) in [6, 6.07) is 4.66. The summed E-state index contributed by atoms with van der Waals surface area (Å²) in [6.07, 6.45) is -6.25. The Hall–Kier alpha value is -0.940. The first kappa shape index (κ1) is 15.1. The van der Waals surface area contributed by atoms with Gasteiger partial charge < -0.3 is 9.84 Å². The highest BCUT2D eigenvalue weighted by Gasteiger charge is 2.27. The molecule has 1 unspecified atom stereocenters. The molecule has 2 nitrogen and oxygen atoms in total. The van der Waals surface area contributed by atoms with E-state index in [1.165, 1.54) is 13.2 Å². The summed E-state index contributed by atoms with van der Waals surface area (Å²) in [4.78, 5) is 0. The number of rotatable bonds is 5. The molecule has 0 heterocycles. The molecule has 0 aromatic heterocycles. The lowest BCUT2D eigenvalue weighted by Crippen LogP contribution is -2.08. The van der Waals surface area contributed by atoms with Crippen LogP contribution in [-0.2, 0) is 0 Å². The van der Waals surface area contributed by atoms with Crippen LogP contribution in [-0.4, -0.2) is 18.4 Å². The number of benzene rings is 1. The smallest absolute Gasteiger partial charge is 0.389 e. The predicted octanol–water partition coefficient (Wildman–Crippen LogP) is 4.11. The highest BCUT2D eigenvalue weighted by molar-refractivity contribution is 6.30. The lowest BCUT2D eigenvalue weighted by molar-refractivity contribution is -0.136. The van der Waals surface area contributed by atoms with Gasteiger partial charge in [-0.2, -0.15) is 13.2 Å². The van der Waals surface area contributed by atoms with Crippen molar-refractivity contribution in [2.75, 3.05) is 7.11 Å². The molecule has 0 spiro atoms. The number of hydrogen-bond acceptors (Lipinski definition) is 2. The first-order valence-electron chi connectivity index (χ1n) is 5.42. The maximum atomic E-state index is 12.0. The SMILES string of the molecule is COc1ccc(Cl)cc1C(O)CCCC(F)(F)F. The van der Waals surface area contributed by atoms with Crippen molar-refractivity contribution in [2.24, 2.45) is 0 Å². The van der Waals surface area contributed by atoms with Gasteiger partial charge in [0.05, 0.1) is 13.2 Å². The summed E-state index contributed by atoms with van der Waals surface area (Å²) in [6.45, 7) is 0. The van der Waals surface area contributed by atoms with Gasteiger partial charge in [0.1, 0.15) is 5.75 Å². The zero-order valence-electron chi connectivity index (χ0n) is 9.80. The van der Waals surface area contributed by atoms with Crippen LogP contribution >= 0.6 is 11.6 Å². The second-order valence-electron chi connectivity index (χ2n) is 3.91. The van der Waals surface area contributed by atoms with Crippen LogP contribution in [0.15, 0.2) is 18.2 Å². The minimum Gasteiger partial charge on any atom is -0.496 e.